The van der Waals surface area contributed by atoms with E-state index in [1.807, 2.05) is 0 Å². The van der Waals surface area contributed by atoms with E-state index in [4.69, 9.17) is 16.7 Å². The minimum atomic E-state index is -0.258. The Hall–Kier alpha value is 0.600. The number of thioether (sulfide) groups is 1. The molecule has 1 saturated heterocycles. The first-order valence-electron chi connectivity index (χ1n) is 2.20. The first kappa shape index (κ1) is 5.73. The Morgan fingerprint density at radius 1 is 1.57 bits per heavy atom. The third-order valence-corrected chi connectivity index (χ3v) is 2.78. The first-order chi connectivity index (χ1) is 3.30. The Bertz CT molecular complexity index is 60.7. The van der Waals surface area contributed by atoms with Gasteiger partial charge in [0.2, 0.25) is 0 Å². The van der Waals surface area contributed by atoms with Gasteiger partial charge in [0.25, 0.3) is 0 Å². The summed E-state index contributed by atoms with van der Waals surface area (Å²) in [5.41, 5.74) is 0. The zero-order valence-corrected chi connectivity index (χ0v) is 5.37. The number of halogens is 1. The molecule has 0 amide bonds. The van der Waals surface area contributed by atoms with E-state index in [9.17, 15) is 0 Å². The standard InChI is InChI=1S/C4H7ClOS/c5-3-1-7-2-4(3)6/h3-4,6H,1-2H2. The van der Waals surface area contributed by atoms with Gasteiger partial charge in [0.1, 0.15) is 0 Å². The second-order valence-electron chi connectivity index (χ2n) is 1.62. The maximum atomic E-state index is 8.84. The van der Waals surface area contributed by atoms with Crippen LogP contribution >= 0.6 is 23.4 Å². The minimum Gasteiger partial charge on any atom is -0.391 e. The predicted octanol–water partition coefficient (Wildman–Crippen LogP) is 0.702. The Morgan fingerprint density at radius 2 is 2.29 bits per heavy atom. The largest absolute Gasteiger partial charge is 0.391 e. The predicted molar refractivity (Wildman–Crippen MR) is 33.0 cm³/mol. The fourth-order valence-corrected chi connectivity index (χ4v) is 2.04. The van der Waals surface area contributed by atoms with Crippen molar-refractivity contribution in [1.82, 2.24) is 0 Å². The van der Waals surface area contributed by atoms with Gasteiger partial charge in [0, 0.05) is 11.5 Å². The van der Waals surface area contributed by atoms with Gasteiger partial charge in [-0.1, -0.05) is 0 Å². The van der Waals surface area contributed by atoms with E-state index in [-0.39, 0.29) is 11.5 Å². The molecule has 1 rings (SSSR count). The fourth-order valence-electron chi connectivity index (χ4n) is 0.517. The van der Waals surface area contributed by atoms with Gasteiger partial charge >= 0.3 is 0 Å². The van der Waals surface area contributed by atoms with Crippen LogP contribution in [0.25, 0.3) is 0 Å². The highest BCUT2D eigenvalue weighted by atomic mass is 35.5. The van der Waals surface area contributed by atoms with Crippen molar-refractivity contribution in [1.29, 1.82) is 0 Å². The van der Waals surface area contributed by atoms with E-state index < -0.39 is 0 Å². The number of aliphatic hydroxyl groups is 1. The zero-order valence-electron chi connectivity index (χ0n) is 3.80. The summed E-state index contributed by atoms with van der Waals surface area (Å²) in [6.45, 7) is 0. The molecule has 1 aliphatic rings. The molecule has 1 aliphatic heterocycles. The Labute approximate surface area is 52.0 Å². The van der Waals surface area contributed by atoms with Crippen molar-refractivity contribution in [2.75, 3.05) is 11.5 Å². The lowest BCUT2D eigenvalue weighted by molar-refractivity contribution is 0.206. The summed E-state index contributed by atoms with van der Waals surface area (Å²) < 4.78 is 0. The van der Waals surface area contributed by atoms with Crippen LogP contribution in [0.1, 0.15) is 0 Å². The zero-order chi connectivity index (χ0) is 5.28. The van der Waals surface area contributed by atoms with Crippen LogP contribution in [0.3, 0.4) is 0 Å². The van der Waals surface area contributed by atoms with Gasteiger partial charge in [-0.15, -0.1) is 11.6 Å². The molecule has 0 bridgehead atoms. The summed E-state index contributed by atoms with van der Waals surface area (Å²) in [6, 6.07) is 0. The van der Waals surface area contributed by atoms with Crippen LogP contribution in [0.2, 0.25) is 0 Å². The highest BCUT2D eigenvalue weighted by molar-refractivity contribution is 7.99. The van der Waals surface area contributed by atoms with Gasteiger partial charge < -0.3 is 5.11 Å². The molecule has 0 aromatic rings. The van der Waals surface area contributed by atoms with Gasteiger partial charge in [-0.05, 0) is 0 Å². The van der Waals surface area contributed by atoms with Crippen LogP contribution in [-0.4, -0.2) is 28.1 Å². The SMILES string of the molecule is OC1CSCC1Cl. The van der Waals surface area contributed by atoms with Gasteiger partial charge in [0.05, 0.1) is 11.5 Å². The molecular weight excluding hydrogens is 132 g/mol. The van der Waals surface area contributed by atoms with Crippen LogP contribution in [0.5, 0.6) is 0 Å². The molecule has 1 N–H and O–H groups in total. The van der Waals surface area contributed by atoms with Crippen molar-refractivity contribution < 1.29 is 5.11 Å². The second kappa shape index (κ2) is 2.25. The van der Waals surface area contributed by atoms with Gasteiger partial charge in [-0.2, -0.15) is 11.8 Å². The molecule has 7 heavy (non-hydrogen) atoms. The molecule has 42 valence electrons. The normalized spacial score (nSPS) is 42.0. The van der Waals surface area contributed by atoms with Gasteiger partial charge in [0.15, 0.2) is 0 Å². The Balaban J connectivity index is 2.33. The molecule has 0 saturated carbocycles. The molecule has 0 spiro atoms. The maximum absolute atomic E-state index is 8.84. The molecule has 0 aliphatic carbocycles. The van der Waals surface area contributed by atoms with Crippen LogP contribution in [0.15, 0.2) is 0 Å². The van der Waals surface area contributed by atoms with E-state index >= 15 is 0 Å². The summed E-state index contributed by atoms with van der Waals surface area (Å²) in [7, 11) is 0. The molecule has 0 aromatic carbocycles. The average Bonchev–Trinajstić information content (AvgIpc) is 1.91. The number of rotatable bonds is 0. The number of hydrogen-bond acceptors (Lipinski definition) is 2. The highest BCUT2D eigenvalue weighted by Gasteiger charge is 2.22. The lowest BCUT2D eigenvalue weighted by Crippen LogP contribution is -2.16. The van der Waals surface area contributed by atoms with Crippen LogP contribution in [0.4, 0.5) is 0 Å². The van der Waals surface area contributed by atoms with Crippen molar-refractivity contribution in [2.24, 2.45) is 0 Å². The summed E-state index contributed by atoms with van der Waals surface area (Å²) in [6.07, 6.45) is -0.258. The summed E-state index contributed by atoms with van der Waals surface area (Å²) in [4.78, 5) is 0. The van der Waals surface area contributed by atoms with E-state index in [1.165, 1.54) is 0 Å². The summed E-state index contributed by atoms with van der Waals surface area (Å²) >= 11 is 7.30. The fraction of sp³-hybridized carbons (Fsp3) is 1.00. The lowest BCUT2D eigenvalue weighted by Gasteiger charge is -2.00. The number of hydrogen-bond donors (Lipinski definition) is 1. The summed E-state index contributed by atoms with van der Waals surface area (Å²) in [5, 5.41) is 8.85. The van der Waals surface area contributed by atoms with Crippen molar-refractivity contribution in [3.8, 4) is 0 Å². The van der Waals surface area contributed by atoms with Gasteiger partial charge in [-0.25, -0.2) is 0 Å². The van der Waals surface area contributed by atoms with Crippen LogP contribution < -0.4 is 0 Å². The Morgan fingerprint density at radius 3 is 2.43 bits per heavy atom. The molecule has 2 unspecified atom stereocenters. The third-order valence-electron chi connectivity index (χ3n) is 0.983. The molecule has 1 nitrogen and oxygen atoms in total. The Kier molecular flexibility index (Phi) is 1.84. The second-order valence-corrected chi connectivity index (χ2v) is 3.26. The van der Waals surface area contributed by atoms with Crippen molar-refractivity contribution in [3.63, 3.8) is 0 Å². The molecular formula is C4H7ClOS. The number of alkyl halides is 1. The molecule has 0 aromatic heterocycles. The third kappa shape index (κ3) is 1.24. The van der Waals surface area contributed by atoms with E-state index in [0.717, 1.165) is 11.5 Å². The van der Waals surface area contributed by atoms with Crippen molar-refractivity contribution >= 4 is 23.4 Å². The van der Waals surface area contributed by atoms with E-state index in [1.54, 1.807) is 11.8 Å². The average molecular weight is 139 g/mol. The van der Waals surface area contributed by atoms with Crippen molar-refractivity contribution in [3.05, 3.63) is 0 Å². The molecule has 1 fully saturated rings. The minimum absolute atomic E-state index is 0.00463. The first-order valence-corrected chi connectivity index (χ1v) is 3.79. The van der Waals surface area contributed by atoms with E-state index in [2.05, 4.69) is 0 Å². The monoisotopic (exact) mass is 138 g/mol. The highest BCUT2D eigenvalue weighted by Crippen LogP contribution is 2.21. The van der Waals surface area contributed by atoms with Crippen molar-refractivity contribution in [2.45, 2.75) is 11.5 Å². The lowest BCUT2D eigenvalue weighted by atomic mass is 10.3. The van der Waals surface area contributed by atoms with Gasteiger partial charge in [-0.3, -0.25) is 0 Å². The summed E-state index contributed by atoms with van der Waals surface area (Å²) in [5.74, 6) is 1.72. The molecule has 3 heteroatoms. The smallest absolute Gasteiger partial charge is 0.0802 e. The molecule has 2 atom stereocenters. The molecule has 1 heterocycles. The quantitative estimate of drug-likeness (QED) is 0.498. The molecule has 0 radical (unpaired) electrons. The van der Waals surface area contributed by atoms with E-state index in [0.29, 0.717) is 0 Å². The topological polar surface area (TPSA) is 20.2 Å². The van der Waals surface area contributed by atoms with Crippen LogP contribution in [0, 0.1) is 0 Å². The number of aliphatic hydroxyl groups excluding tert-OH is 1. The maximum Gasteiger partial charge on any atom is 0.0802 e. The van der Waals surface area contributed by atoms with Crippen LogP contribution in [-0.2, 0) is 0 Å².